The Balaban J connectivity index is 2.15. The van der Waals surface area contributed by atoms with Gasteiger partial charge in [0.25, 0.3) is 0 Å². The van der Waals surface area contributed by atoms with Gasteiger partial charge in [-0.15, -0.1) is 0 Å². The number of hydrogen-bond acceptors (Lipinski definition) is 3. The van der Waals surface area contributed by atoms with Gasteiger partial charge in [-0.1, -0.05) is 6.07 Å². The highest BCUT2D eigenvalue weighted by Gasteiger charge is 2.30. The molecular weight excluding hydrogens is 290 g/mol. The first-order valence-electron chi connectivity index (χ1n) is 6.00. The second kappa shape index (κ2) is 6.09. The van der Waals surface area contributed by atoms with Gasteiger partial charge in [0.1, 0.15) is 0 Å². The molecule has 0 aliphatic rings. The van der Waals surface area contributed by atoms with Crippen LogP contribution in [-0.4, -0.2) is 16.7 Å². The van der Waals surface area contributed by atoms with E-state index in [1.54, 1.807) is 6.07 Å². The maximum Gasteiger partial charge on any atom is 0.417 e. The Kier molecular flexibility index (Phi) is 4.42. The highest BCUT2D eigenvalue weighted by Crippen LogP contribution is 2.30. The largest absolute Gasteiger partial charge is 0.436 e. The van der Waals surface area contributed by atoms with Crippen LogP contribution in [0.2, 0.25) is 0 Å². The molecule has 0 spiro atoms. The van der Waals surface area contributed by atoms with Crippen molar-refractivity contribution in [3.8, 4) is 11.6 Å². The lowest BCUT2D eigenvalue weighted by molar-refractivity contribution is -0.137. The second-order valence-corrected chi connectivity index (χ2v) is 4.22. The zero-order valence-corrected chi connectivity index (χ0v) is 10.7. The summed E-state index contributed by atoms with van der Waals surface area (Å²) in [6.07, 6.45) is -3.56. The van der Waals surface area contributed by atoms with E-state index in [1.807, 2.05) is 0 Å². The Hall–Kier alpha value is -2.15. The molecule has 0 bridgehead atoms. The first-order valence-corrected chi connectivity index (χ1v) is 6.00. The van der Waals surface area contributed by atoms with Crippen LogP contribution in [0.15, 0.2) is 36.5 Å². The van der Waals surface area contributed by atoms with Crippen LogP contribution in [0.5, 0.6) is 11.6 Å². The number of hydrogen-bond donors (Lipinski definition) is 1. The number of alkyl halides is 3. The minimum Gasteiger partial charge on any atom is -0.436 e. The van der Waals surface area contributed by atoms with Crippen molar-refractivity contribution in [3.05, 3.63) is 53.5 Å². The van der Waals surface area contributed by atoms with E-state index in [9.17, 15) is 17.6 Å². The molecule has 7 heteroatoms. The van der Waals surface area contributed by atoms with Crippen molar-refractivity contribution < 1.29 is 27.4 Å². The minimum absolute atomic E-state index is 0.111. The summed E-state index contributed by atoms with van der Waals surface area (Å²) < 4.78 is 55.9. The number of nitrogens with zero attached hydrogens (tertiary/aromatic N) is 1. The molecule has 0 atom stereocenters. The summed E-state index contributed by atoms with van der Waals surface area (Å²) in [6, 6.07) is 5.90. The summed E-state index contributed by atoms with van der Waals surface area (Å²) in [5.41, 5.74) is -0.323. The molecule has 1 aromatic heterocycles. The van der Waals surface area contributed by atoms with Gasteiger partial charge < -0.3 is 9.84 Å². The summed E-state index contributed by atoms with van der Waals surface area (Å²) in [6.45, 7) is -0.111. The molecule has 2 rings (SSSR count). The van der Waals surface area contributed by atoms with Crippen molar-refractivity contribution in [1.29, 1.82) is 0 Å². The molecule has 0 amide bonds. The number of aromatic nitrogens is 1. The van der Waals surface area contributed by atoms with Gasteiger partial charge in [-0.25, -0.2) is 9.37 Å². The molecule has 0 fully saturated rings. The number of rotatable bonds is 4. The molecule has 0 aliphatic heterocycles. The topological polar surface area (TPSA) is 42.4 Å². The summed E-state index contributed by atoms with van der Waals surface area (Å²) >= 11 is 0. The zero-order chi connectivity index (χ0) is 15.5. The van der Waals surface area contributed by atoms with Crippen LogP contribution in [0.4, 0.5) is 17.6 Å². The molecule has 0 aliphatic carbocycles. The van der Waals surface area contributed by atoms with Crippen LogP contribution in [-0.2, 0) is 12.6 Å². The van der Waals surface area contributed by atoms with E-state index >= 15 is 0 Å². The lowest BCUT2D eigenvalue weighted by Crippen LogP contribution is -2.05. The molecule has 1 heterocycles. The Morgan fingerprint density at radius 3 is 2.43 bits per heavy atom. The second-order valence-electron chi connectivity index (χ2n) is 4.22. The normalized spacial score (nSPS) is 11.5. The van der Waals surface area contributed by atoms with Gasteiger partial charge in [-0.05, 0) is 30.2 Å². The minimum atomic E-state index is -4.48. The number of aliphatic hydroxyl groups excluding tert-OH is 1. The highest BCUT2D eigenvalue weighted by molar-refractivity contribution is 5.33. The number of benzene rings is 1. The van der Waals surface area contributed by atoms with Gasteiger partial charge >= 0.3 is 6.18 Å². The van der Waals surface area contributed by atoms with Crippen molar-refractivity contribution in [1.82, 2.24) is 4.98 Å². The third-order valence-corrected chi connectivity index (χ3v) is 2.67. The van der Waals surface area contributed by atoms with Crippen LogP contribution in [0, 0.1) is 5.82 Å². The highest BCUT2D eigenvalue weighted by atomic mass is 19.4. The van der Waals surface area contributed by atoms with E-state index in [0.29, 0.717) is 18.2 Å². The Bertz CT molecular complexity index is 611. The van der Waals surface area contributed by atoms with Crippen LogP contribution in [0.25, 0.3) is 0 Å². The van der Waals surface area contributed by atoms with Gasteiger partial charge in [0.2, 0.25) is 5.88 Å². The van der Waals surface area contributed by atoms with Crippen LogP contribution in [0.1, 0.15) is 11.1 Å². The zero-order valence-electron chi connectivity index (χ0n) is 10.7. The Labute approximate surface area is 117 Å². The molecule has 3 nitrogen and oxygen atoms in total. The average molecular weight is 301 g/mol. The molecule has 112 valence electrons. The molecule has 0 radical (unpaired) electrons. The first kappa shape index (κ1) is 15.2. The van der Waals surface area contributed by atoms with E-state index in [4.69, 9.17) is 9.84 Å². The number of ether oxygens (including phenoxy) is 1. The molecule has 0 saturated carbocycles. The van der Waals surface area contributed by atoms with Gasteiger partial charge in [-0.3, -0.25) is 0 Å². The van der Waals surface area contributed by atoms with Crippen molar-refractivity contribution >= 4 is 0 Å². The van der Waals surface area contributed by atoms with Gasteiger partial charge in [-0.2, -0.15) is 13.2 Å². The monoisotopic (exact) mass is 301 g/mol. The fraction of sp³-hybridized carbons (Fsp3) is 0.214. The van der Waals surface area contributed by atoms with E-state index in [0.717, 1.165) is 12.1 Å². The fourth-order valence-electron chi connectivity index (χ4n) is 1.63. The number of halogens is 4. The predicted molar refractivity (Wildman–Crippen MR) is 66.5 cm³/mol. The molecule has 2 aromatic rings. The van der Waals surface area contributed by atoms with E-state index in [2.05, 4.69) is 4.98 Å². The maximum atomic E-state index is 13.7. The molecule has 1 N–H and O–H groups in total. The standard InChI is InChI=1S/C14H11F4NO2/c15-11-7-9(5-6-20)1-3-12(11)21-13-4-2-10(8-19-13)14(16,17)18/h1-4,7-8,20H,5-6H2. The molecular formula is C14H11F4NO2. The van der Waals surface area contributed by atoms with Crippen LogP contribution < -0.4 is 4.74 Å². The number of aliphatic hydroxyl groups is 1. The third kappa shape index (κ3) is 3.91. The average Bonchev–Trinajstić information content (AvgIpc) is 2.42. The van der Waals surface area contributed by atoms with Gasteiger partial charge in [0, 0.05) is 18.9 Å². The van der Waals surface area contributed by atoms with E-state index in [1.165, 1.54) is 12.1 Å². The van der Waals surface area contributed by atoms with E-state index < -0.39 is 17.6 Å². The summed E-state index contributed by atoms with van der Waals surface area (Å²) in [7, 11) is 0. The van der Waals surface area contributed by atoms with E-state index in [-0.39, 0.29) is 18.2 Å². The van der Waals surface area contributed by atoms with Crippen molar-refractivity contribution in [3.63, 3.8) is 0 Å². The van der Waals surface area contributed by atoms with Gasteiger partial charge in [0.15, 0.2) is 11.6 Å². The maximum absolute atomic E-state index is 13.7. The quantitative estimate of drug-likeness (QED) is 0.878. The molecule has 0 unspecified atom stereocenters. The molecule has 21 heavy (non-hydrogen) atoms. The van der Waals surface area contributed by atoms with Crippen molar-refractivity contribution in [2.24, 2.45) is 0 Å². The lowest BCUT2D eigenvalue weighted by atomic mass is 10.1. The summed E-state index contributed by atoms with van der Waals surface area (Å²) in [4.78, 5) is 3.49. The molecule has 0 saturated heterocycles. The van der Waals surface area contributed by atoms with Crippen molar-refractivity contribution in [2.75, 3.05) is 6.61 Å². The third-order valence-electron chi connectivity index (χ3n) is 2.67. The van der Waals surface area contributed by atoms with Crippen LogP contribution in [0.3, 0.4) is 0 Å². The van der Waals surface area contributed by atoms with Crippen LogP contribution >= 0.6 is 0 Å². The van der Waals surface area contributed by atoms with Crippen molar-refractivity contribution in [2.45, 2.75) is 12.6 Å². The summed E-state index contributed by atoms with van der Waals surface area (Å²) in [5, 5.41) is 8.75. The smallest absolute Gasteiger partial charge is 0.417 e. The van der Waals surface area contributed by atoms with Gasteiger partial charge in [0.05, 0.1) is 5.56 Å². The summed E-state index contributed by atoms with van der Waals surface area (Å²) in [5.74, 6) is -0.969. The predicted octanol–water partition coefficient (Wildman–Crippen LogP) is 3.57. The Morgan fingerprint density at radius 1 is 1.14 bits per heavy atom. The SMILES string of the molecule is OCCc1ccc(Oc2ccc(C(F)(F)F)cn2)c(F)c1. The number of pyridine rings is 1. The fourth-order valence-corrected chi connectivity index (χ4v) is 1.63. The first-order chi connectivity index (χ1) is 9.90. The molecule has 1 aromatic carbocycles. The lowest BCUT2D eigenvalue weighted by Gasteiger charge is -2.09. The Morgan fingerprint density at radius 2 is 1.90 bits per heavy atom.